The van der Waals surface area contributed by atoms with Crippen LogP contribution in [0, 0.1) is 22.7 Å². The van der Waals surface area contributed by atoms with Gasteiger partial charge in [-0.05, 0) is 35.7 Å². The van der Waals surface area contributed by atoms with E-state index in [9.17, 15) is 0 Å². The molecule has 12 heavy (non-hydrogen) atoms. The first-order valence-electron chi connectivity index (χ1n) is 4.58. The van der Waals surface area contributed by atoms with Crippen LogP contribution in [0.5, 0.6) is 0 Å². The standard InChI is InChI=1S/C10H16N2/c1-10(2)6-3-4-7(9(11)12)8(10)5-6/h4,6,8H,3,5H2,1-2H3,(H3,11,12). The molecular formula is C10H16N2. The lowest BCUT2D eigenvalue weighted by Gasteiger charge is -2.56. The Labute approximate surface area is 73.3 Å². The maximum absolute atomic E-state index is 7.43. The summed E-state index contributed by atoms with van der Waals surface area (Å²) in [7, 11) is 0. The van der Waals surface area contributed by atoms with Crippen molar-refractivity contribution in [3.05, 3.63) is 11.6 Å². The largest absolute Gasteiger partial charge is 0.384 e. The second-order valence-electron chi connectivity index (χ2n) is 4.62. The summed E-state index contributed by atoms with van der Waals surface area (Å²) in [6.07, 6.45) is 4.53. The molecule has 3 rings (SSSR count). The lowest BCUT2D eigenvalue weighted by molar-refractivity contribution is -0.00178. The zero-order valence-electron chi connectivity index (χ0n) is 7.72. The molecule has 0 heterocycles. The number of nitrogens with one attached hydrogen (secondary N) is 1. The van der Waals surface area contributed by atoms with E-state index in [1.807, 2.05) is 0 Å². The van der Waals surface area contributed by atoms with E-state index in [-0.39, 0.29) is 5.84 Å². The number of nitrogens with two attached hydrogens (primary N) is 1. The third-order valence-electron chi connectivity index (χ3n) is 3.78. The van der Waals surface area contributed by atoms with Gasteiger partial charge in [0, 0.05) is 0 Å². The average molecular weight is 164 g/mol. The highest BCUT2D eigenvalue weighted by molar-refractivity contribution is 5.95. The van der Waals surface area contributed by atoms with Gasteiger partial charge >= 0.3 is 0 Å². The quantitative estimate of drug-likeness (QED) is 0.451. The molecule has 2 bridgehead atoms. The summed E-state index contributed by atoms with van der Waals surface area (Å²) in [4.78, 5) is 0. The Morgan fingerprint density at radius 2 is 2.33 bits per heavy atom. The van der Waals surface area contributed by atoms with Gasteiger partial charge < -0.3 is 5.73 Å². The Morgan fingerprint density at radius 1 is 1.67 bits per heavy atom. The van der Waals surface area contributed by atoms with E-state index in [0.717, 1.165) is 17.9 Å². The van der Waals surface area contributed by atoms with Gasteiger partial charge in [-0.1, -0.05) is 19.9 Å². The monoisotopic (exact) mass is 164 g/mol. The predicted molar refractivity (Wildman–Crippen MR) is 50.0 cm³/mol. The fourth-order valence-corrected chi connectivity index (χ4v) is 2.65. The Kier molecular flexibility index (Phi) is 1.39. The van der Waals surface area contributed by atoms with Crippen molar-refractivity contribution in [2.75, 3.05) is 0 Å². The van der Waals surface area contributed by atoms with Crippen molar-refractivity contribution in [3.63, 3.8) is 0 Å². The highest BCUT2D eigenvalue weighted by Crippen LogP contribution is 2.58. The summed E-state index contributed by atoms with van der Waals surface area (Å²) in [5.41, 5.74) is 7.02. The summed E-state index contributed by atoms with van der Waals surface area (Å²) in [6.45, 7) is 4.59. The summed E-state index contributed by atoms with van der Waals surface area (Å²) >= 11 is 0. The molecular weight excluding hydrogens is 148 g/mol. The molecule has 0 aromatic carbocycles. The van der Waals surface area contributed by atoms with Gasteiger partial charge in [0.15, 0.2) is 0 Å². The maximum atomic E-state index is 7.43. The molecule has 0 spiro atoms. The van der Waals surface area contributed by atoms with Gasteiger partial charge in [0.25, 0.3) is 0 Å². The van der Waals surface area contributed by atoms with Crippen molar-refractivity contribution < 1.29 is 0 Å². The van der Waals surface area contributed by atoms with Crippen molar-refractivity contribution in [2.24, 2.45) is 23.0 Å². The van der Waals surface area contributed by atoms with Gasteiger partial charge in [-0.2, -0.15) is 0 Å². The molecule has 2 atom stereocenters. The van der Waals surface area contributed by atoms with Crippen LogP contribution < -0.4 is 5.73 Å². The highest BCUT2D eigenvalue weighted by atomic mass is 14.7. The van der Waals surface area contributed by atoms with Crippen LogP contribution in [0.4, 0.5) is 0 Å². The second kappa shape index (κ2) is 2.12. The van der Waals surface area contributed by atoms with E-state index in [1.54, 1.807) is 0 Å². The summed E-state index contributed by atoms with van der Waals surface area (Å²) in [5, 5.41) is 7.43. The average Bonchev–Trinajstić information content (AvgIpc) is 2.04. The number of allylic oxidation sites excluding steroid dienone is 1. The van der Waals surface area contributed by atoms with Gasteiger partial charge in [-0.15, -0.1) is 0 Å². The van der Waals surface area contributed by atoms with E-state index < -0.39 is 0 Å². The number of fused-ring (bicyclic) bond motifs is 1. The molecule has 0 saturated heterocycles. The Bertz CT molecular complexity index is 263. The van der Waals surface area contributed by atoms with E-state index in [1.165, 1.54) is 6.42 Å². The number of amidine groups is 1. The van der Waals surface area contributed by atoms with Crippen LogP contribution in [0.15, 0.2) is 11.6 Å². The molecule has 66 valence electrons. The van der Waals surface area contributed by atoms with E-state index in [0.29, 0.717) is 11.3 Å². The Hall–Kier alpha value is -0.790. The Morgan fingerprint density at radius 3 is 2.67 bits per heavy atom. The fourth-order valence-electron chi connectivity index (χ4n) is 2.65. The van der Waals surface area contributed by atoms with Crippen LogP contribution in [-0.4, -0.2) is 5.84 Å². The SMILES string of the molecule is CC1(C)C2CC=C(C(=N)N)C1C2. The van der Waals surface area contributed by atoms with Crippen LogP contribution in [0.25, 0.3) is 0 Å². The molecule has 3 aliphatic carbocycles. The first-order valence-corrected chi connectivity index (χ1v) is 4.58. The van der Waals surface area contributed by atoms with Gasteiger partial charge in [-0.3, -0.25) is 5.41 Å². The lowest BCUT2D eigenvalue weighted by atomic mass is 9.49. The van der Waals surface area contributed by atoms with Gasteiger partial charge in [0.1, 0.15) is 5.84 Å². The van der Waals surface area contributed by atoms with Gasteiger partial charge in [0.2, 0.25) is 0 Å². The predicted octanol–water partition coefficient (Wildman–Crippen LogP) is 1.91. The van der Waals surface area contributed by atoms with Gasteiger partial charge in [0.05, 0.1) is 0 Å². The Balaban J connectivity index is 2.30. The molecule has 0 aromatic rings. The molecule has 2 heteroatoms. The number of hydrogen-bond donors (Lipinski definition) is 2. The first kappa shape index (κ1) is 7.84. The van der Waals surface area contributed by atoms with Crippen molar-refractivity contribution in [3.8, 4) is 0 Å². The van der Waals surface area contributed by atoms with Crippen LogP contribution in [0.3, 0.4) is 0 Å². The normalized spacial score (nSPS) is 36.7. The third-order valence-corrected chi connectivity index (χ3v) is 3.78. The number of rotatable bonds is 1. The van der Waals surface area contributed by atoms with Crippen molar-refractivity contribution >= 4 is 5.84 Å². The van der Waals surface area contributed by atoms with E-state index >= 15 is 0 Å². The third kappa shape index (κ3) is 0.780. The molecule has 0 amide bonds. The second-order valence-corrected chi connectivity index (χ2v) is 4.62. The molecule has 0 aromatic heterocycles. The minimum atomic E-state index is 0.284. The molecule has 3 N–H and O–H groups in total. The molecule has 1 fully saturated rings. The van der Waals surface area contributed by atoms with Crippen molar-refractivity contribution in [1.82, 2.24) is 0 Å². The molecule has 3 aliphatic rings. The van der Waals surface area contributed by atoms with Crippen molar-refractivity contribution in [1.29, 1.82) is 5.41 Å². The smallest absolute Gasteiger partial charge is 0.118 e. The van der Waals surface area contributed by atoms with Crippen LogP contribution in [0.1, 0.15) is 26.7 Å². The zero-order valence-corrected chi connectivity index (χ0v) is 7.72. The van der Waals surface area contributed by atoms with Crippen LogP contribution >= 0.6 is 0 Å². The maximum Gasteiger partial charge on any atom is 0.118 e. The zero-order chi connectivity index (χ0) is 8.93. The molecule has 0 radical (unpaired) electrons. The minimum absolute atomic E-state index is 0.284. The summed E-state index contributed by atoms with van der Waals surface area (Å²) < 4.78 is 0. The minimum Gasteiger partial charge on any atom is -0.384 e. The molecule has 0 aliphatic heterocycles. The first-order chi connectivity index (χ1) is 5.53. The van der Waals surface area contributed by atoms with E-state index in [2.05, 4.69) is 19.9 Å². The fraction of sp³-hybridized carbons (Fsp3) is 0.700. The topological polar surface area (TPSA) is 49.9 Å². The molecule has 2 nitrogen and oxygen atoms in total. The van der Waals surface area contributed by atoms with Gasteiger partial charge in [-0.25, -0.2) is 0 Å². The lowest BCUT2D eigenvalue weighted by Crippen LogP contribution is -2.50. The molecule has 1 saturated carbocycles. The van der Waals surface area contributed by atoms with Crippen LogP contribution in [0.2, 0.25) is 0 Å². The van der Waals surface area contributed by atoms with E-state index in [4.69, 9.17) is 11.1 Å². The van der Waals surface area contributed by atoms with Crippen molar-refractivity contribution in [2.45, 2.75) is 26.7 Å². The molecule has 2 unspecified atom stereocenters. The summed E-state index contributed by atoms with van der Waals surface area (Å²) in [5.74, 6) is 1.69. The highest BCUT2D eigenvalue weighted by Gasteiger charge is 2.51. The number of hydrogen-bond acceptors (Lipinski definition) is 1. The summed E-state index contributed by atoms with van der Waals surface area (Å²) in [6, 6.07) is 0. The van der Waals surface area contributed by atoms with Crippen LogP contribution in [-0.2, 0) is 0 Å².